The molecule has 0 aliphatic heterocycles. The summed E-state index contributed by atoms with van der Waals surface area (Å²) in [4.78, 5) is 4.88. The van der Waals surface area contributed by atoms with Gasteiger partial charge < -0.3 is 9.94 Å². The number of phenolic OH excluding ortho intramolecular Hbond substituents is 1. The van der Waals surface area contributed by atoms with Crippen molar-refractivity contribution in [1.82, 2.24) is 0 Å². The van der Waals surface area contributed by atoms with Gasteiger partial charge >= 0.3 is 0 Å². The Kier molecular flexibility index (Phi) is 4.72. The second kappa shape index (κ2) is 6.32. The molecule has 0 radical (unpaired) electrons. The summed E-state index contributed by atoms with van der Waals surface area (Å²) >= 11 is 6.34. The number of benzene rings is 2. The van der Waals surface area contributed by atoms with Gasteiger partial charge in [0.05, 0.1) is 15.2 Å². The molecule has 20 heavy (non-hydrogen) atoms. The lowest BCUT2D eigenvalue weighted by molar-refractivity contribution is 0.339. The van der Waals surface area contributed by atoms with Crippen molar-refractivity contribution in [1.29, 1.82) is 0 Å². The molecule has 0 fully saturated rings. The predicted octanol–water partition coefficient (Wildman–Crippen LogP) is 4.61. The average Bonchev–Trinajstić information content (AvgIpc) is 2.34. The Hall–Kier alpha value is -1.47. The van der Waals surface area contributed by atoms with E-state index in [0.717, 1.165) is 18.2 Å². The van der Waals surface area contributed by atoms with Crippen molar-refractivity contribution in [2.75, 3.05) is 0 Å². The number of hydrogen-bond donors (Lipinski definition) is 1. The van der Waals surface area contributed by atoms with Gasteiger partial charge in [0.25, 0.3) is 0 Å². The third-order valence-corrected chi connectivity index (χ3v) is 3.44. The molecule has 0 bridgehead atoms. The van der Waals surface area contributed by atoms with Crippen molar-refractivity contribution < 1.29 is 18.7 Å². The number of phenols is 1. The zero-order chi connectivity index (χ0) is 14.7. The van der Waals surface area contributed by atoms with Crippen molar-refractivity contribution in [2.45, 2.75) is 0 Å². The number of rotatable bonds is 3. The van der Waals surface area contributed by atoms with Gasteiger partial charge in [-0.2, -0.15) is 0 Å². The highest BCUT2D eigenvalue weighted by molar-refractivity contribution is 9.11. The first-order valence-electron chi connectivity index (χ1n) is 5.30. The van der Waals surface area contributed by atoms with E-state index in [2.05, 4.69) is 37.0 Å². The molecule has 0 heterocycles. The summed E-state index contributed by atoms with van der Waals surface area (Å²) in [7, 11) is 0. The summed E-state index contributed by atoms with van der Waals surface area (Å²) in [6, 6.07) is 6.00. The molecule has 2 aromatic rings. The number of hydrogen-bond acceptors (Lipinski definition) is 3. The fraction of sp³-hybridized carbons (Fsp3) is 0. The van der Waals surface area contributed by atoms with Crippen LogP contribution >= 0.6 is 31.9 Å². The lowest BCUT2D eigenvalue weighted by Gasteiger charge is -2.02. The topological polar surface area (TPSA) is 41.8 Å². The lowest BCUT2D eigenvalue weighted by atomic mass is 10.2. The lowest BCUT2D eigenvalue weighted by Crippen LogP contribution is -1.89. The van der Waals surface area contributed by atoms with Gasteiger partial charge in [0.1, 0.15) is 17.4 Å². The fourth-order valence-electron chi connectivity index (χ4n) is 1.39. The minimum atomic E-state index is -0.745. The van der Waals surface area contributed by atoms with Crippen molar-refractivity contribution in [3.8, 4) is 11.5 Å². The Morgan fingerprint density at radius 1 is 1.00 bits per heavy atom. The van der Waals surface area contributed by atoms with E-state index < -0.39 is 11.6 Å². The van der Waals surface area contributed by atoms with Gasteiger partial charge in [-0.3, -0.25) is 0 Å². The van der Waals surface area contributed by atoms with Crippen LogP contribution in [0.2, 0.25) is 0 Å². The molecule has 0 aliphatic carbocycles. The summed E-state index contributed by atoms with van der Waals surface area (Å²) in [5.41, 5.74) is 0.624. The summed E-state index contributed by atoms with van der Waals surface area (Å²) in [6.07, 6.45) is 1.35. The molecule has 0 unspecified atom stereocenters. The van der Waals surface area contributed by atoms with Gasteiger partial charge in [-0.1, -0.05) is 5.16 Å². The standard InChI is InChI=1S/C13H7Br2F2NO2/c14-11-1-7(2-12(15)13(11)19)6-18-20-10-4-8(16)3-9(17)5-10/h1-6,19H. The Bertz CT molecular complexity index is 634. The van der Waals surface area contributed by atoms with Crippen LogP contribution in [0.4, 0.5) is 8.78 Å². The maximum absolute atomic E-state index is 12.9. The number of nitrogens with zero attached hydrogens (tertiary/aromatic N) is 1. The second-order valence-electron chi connectivity index (χ2n) is 3.76. The molecule has 0 atom stereocenters. The van der Waals surface area contributed by atoms with Crippen LogP contribution < -0.4 is 4.84 Å². The molecule has 7 heteroatoms. The maximum Gasteiger partial charge on any atom is 0.163 e. The van der Waals surface area contributed by atoms with Gasteiger partial charge in [0, 0.05) is 18.2 Å². The summed E-state index contributed by atoms with van der Waals surface area (Å²) < 4.78 is 26.8. The zero-order valence-corrected chi connectivity index (χ0v) is 13.0. The fourth-order valence-corrected chi connectivity index (χ4v) is 2.61. The minimum Gasteiger partial charge on any atom is -0.506 e. The van der Waals surface area contributed by atoms with Crippen LogP contribution in [0, 0.1) is 11.6 Å². The molecule has 2 rings (SSSR count). The van der Waals surface area contributed by atoms with Crippen LogP contribution in [0.3, 0.4) is 0 Å². The maximum atomic E-state index is 12.9. The Labute approximate surface area is 130 Å². The largest absolute Gasteiger partial charge is 0.506 e. The molecule has 0 aliphatic rings. The molecule has 0 amide bonds. The van der Waals surface area contributed by atoms with Crippen LogP contribution in [-0.4, -0.2) is 11.3 Å². The minimum absolute atomic E-state index is 0.0457. The number of oxime groups is 1. The van der Waals surface area contributed by atoms with Crippen molar-refractivity contribution in [2.24, 2.45) is 5.16 Å². The molecule has 0 spiro atoms. The quantitative estimate of drug-likeness (QED) is 0.597. The molecule has 3 nitrogen and oxygen atoms in total. The smallest absolute Gasteiger partial charge is 0.163 e. The monoisotopic (exact) mass is 405 g/mol. The van der Waals surface area contributed by atoms with Crippen LogP contribution in [0.1, 0.15) is 5.56 Å². The van der Waals surface area contributed by atoms with Crippen LogP contribution in [0.25, 0.3) is 0 Å². The van der Waals surface area contributed by atoms with E-state index in [4.69, 9.17) is 4.84 Å². The average molecular weight is 407 g/mol. The predicted molar refractivity (Wildman–Crippen MR) is 78.1 cm³/mol. The molecule has 0 saturated carbocycles. The van der Waals surface area contributed by atoms with Gasteiger partial charge in [-0.15, -0.1) is 0 Å². The summed E-state index contributed by atoms with van der Waals surface area (Å²) in [5, 5.41) is 13.2. The van der Waals surface area contributed by atoms with E-state index in [9.17, 15) is 13.9 Å². The molecule has 0 aromatic heterocycles. The van der Waals surface area contributed by atoms with E-state index in [1.165, 1.54) is 6.21 Å². The van der Waals surface area contributed by atoms with Crippen LogP contribution in [0.5, 0.6) is 11.5 Å². The SMILES string of the molecule is Oc1c(Br)cc(C=NOc2cc(F)cc(F)c2)cc1Br. The molecule has 2 aromatic carbocycles. The Morgan fingerprint density at radius 2 is 1.55 bits per heavy atom. The van der Waals surface area contributed by atoms with Gasteiger partial charge in [-0.05, 0) is 49.6 Å². The molecule has 0 saturated heterocycles. The molecule has 1 N–H and O–H groups in total. The normalized spacial score (nSPS) is 11.0. The van der Waals surface area contributed by atoms with Crippen LogP contribution in [0.15, 0.2) is 44.4 Å². The molecule has 104 valence electrons. The first kappa shape index (κ1) is 14.9. The van der Waals surface area contributed by atoms with Gasteiger partial charge in [0.15, 0.2) is 5.75 Å². The van der Waals surface area contributed by atoms with E-state index in [0.29, 0.717) is 14.5 Å². The van der Waals surface area contributed by atoms with E-state index in [1.807, 2.05) is 0 Å². The highest BCUT2D eigenvalue weighted by atomic mass is 79.9. The first-order valence-corrected chi connectivity index (χ1v) is 6.89. The van der Waals surface area contributed by atoms with Gasteiger partial charge in [-0.25, -0.2) is 8.78 Å². The van der Waals surface area contributed by atoms with Crippen LogP contribution in [-0.2, 0) is 0 Å². The van der Waals surface area contributed by atoms with Crippen molar-refractivity contribution in [3.63, 3.8) is 0 Å². The number of halogens is 4. The Morgan fingerprint density at radius 3 is 2.10 bits per heavy atom. The van der Waals surface area contributed by atoms with E-state index >= 15 is 0 Å². The first-order chi connectivity index (χ1) is 9.45. The summed E-state index contributed by atoms with van der Waals surface area (Å²) in [6.45, 7) is 0. The van der Waals surface area contributed by atoms with E-state index in [1.54, 1.807) is 12.1 Å². The third-order valence-electron chi connectivity index (χ3n) is 2.24. The highest BCUT2D eigenvalue weighted by Crippen LogP contribution is 2.32. The van der Waals surface area contributed by atoms with E-state index in [-0.39, 0.29) is 11.5 Å². The van der Waals surface area contributed by atoms with Crippen molar-refractivity contribution >= 4 is 38.1 Å². The molecular weight excluding hydrogens is 400 g/mol. The van der Waals surface area contributed by atoms with Gasteiger partial charge in [0.2, 0.25) is 0 Å². The third kappa shape index (κ3) is 3.77. The summed E-state index contributed by atoms with van der Waals surface area (Å²) in [5.74, 6) is -1.47. The Balaban J connectivity index is 2.14. The van der Waals surface area contributed by atoms with Crippen molar-refractivity contribution in [3.05, 3.63) is 56.5 Å². The number of aromatic hydroxyl groups is 1. The second-order valence-corrected chi connectivity index (χ2v) is 5.47. The molecular formula is C13H7Br2F2NO2. The highest BCUT2D eigenvalue weighted by Gasteiger charge is 2.05. The zero-order valence-electron chi connectivity index (χ0n) is 9.78.